The van der Waals surface area contributed by atoms with Gasteiger partial charge in [0, 0.05) is 31.6 Å². The summed E-state index contributed by atoms with van der Waals surface area (Å²) in [7, 11) is -1.85. The molecule has 1 heterocycles. The molecule has 0 saturated carbocycles. The lowest BCUT2D eigenvalue weighted by Gasteiger charge is -2.12. The summed E-state index contributed by atoms with van der Waals surface area (Å²) in [6, 6.07) is 6.09. The van der Waals surface area contributed by atoms with Crippen LogP contribution in [0.3, 0.4) is 0 Å². The van der Waals surface area contributed by atoms with E-state index in [4.69, 9.17) is 11.6 Å². The Balaban J connectivity index is 2.01. The molecular formula is C12H15ClN2O3S. The minimum absolute atomic E-state index is 0.0199. The zero-order valence-electron chi connectivity index (χ0n) is 10.5. The number of hydrogen-bond acceptors (Lipinski definition) is 3. The number of rotatable bonds is 4. The molecule has 1 N–H and O–H groups in total. The van der Waals surface area contributed by atoms with Crippen LogP contribution in [-0.4, -0.2) is 39.4 Å². The number of carbonyl (C=O) groups excluding carboxylic acids is 1. The zero-order valence-corrected chi connectivity index (χ0v) is 12.0. The molecule has 1 aliphatic heterocycles. The Morgan fingerprint density at radius 3 is 2.79 bits per heavy atom. The second-order valence-electron chi connectivity index (χ2n) is 4.65. The Kier molecular flexibility index (Phi) is 4.13. The first-order valence-electron chi connectivity index (χ1n) is 5.87. The Bertz CT molecular complexity index is 588. The lowest BCUT2D eigenvalue weighted by Crippen LogP contribution is -2.30. The topological polar surface area (TPSA) is 66.5 Å². The highest BCUT2D eigenvalue weighted by Gasteiger charge is 2.28. The first kappa shape index (κ1) is 14.3. The molecule has 0 radical (unpaired) electrons. The molecule has 2 rings (SSSR count). The van der Waals surface area contributed by atoms with E-state index in [1.807, 2.05) is 0 Å². The second-order valence-corrected chi connectivity index (χ2v) is 6.86. The third kappa shape index (κ3) is 3.46. The molecule has 1 saturated heterocycles. The summed E-state index contributed by atoms with van der Waals surface area (Å²) in [4.78, 5) is 13.1. The van der Waals surface area contributed by atoms with Crippen LogP contribution in [0.4, 0.5) is 0 Å². The fraction of sp³-hybridized carbons (Fsp3) is 0.417. The highest BCUT2D eigenvalue weighted by atomic mass is 35.5. The van der Waals surface area contributed by atoms with Crippen molar-refractivity contribution in [1.82, 2.24) is 9.62 Å². The van der Waals surface area contributed by atoms with E-state index in [9.17, 15) is 13.2 Å². The maximum atomic E-state index is 12.0. The Morgan fingerprint density at radius 1 is 1.47 bits per heavy atom. The molecular weight excluding hydrogens is 288 g/mol. The fourth-order valence-corrected chi connectivity index (χ4v) is 3.45. The van der Waals surface area contributed by atoms with Gasteiger partial charge in [-0.1, -0.05) is 17.7 Å². The lowest BCUT2D eigenvalue weighted by molar-refractivity contribution is -0.126. The number of halogens is 1. The number of likely N-dealkylation sites (tertiary alicyclic amines) is 1. The van der Waals surface area contributed by atoms with Crippen molar-refractivity contribution in [2.24, 2.45) is 5.92 Å². The van der Waals surface area contributed by atoms with Crippen molar-refractivity contribution in [3.8, 4) is 0 Å². The van der Waals surface area contributed by atoms with Gasteiger partial charge in [-0.15, -0.1) is 0 Å². The van der Waals surface area contributed by atoms with Crippen molar-refractivity contribution in [2.45, 2.75) is 11.3 Å². The maximum Gasteiger partial charge on any atom is 0.240 e. The third-order valence-electron chi connectivity index (χ3n) is 3.09. The molecule has 0 bridgehead atoms. The van der Waals surface area contributed by atoms with Gasteiger partial charge in [0.15, 0.2) is 0 Å². The predicted molar refractivity (Wildman–Crippen MR) is 72.4 cm³/mol. The second kappa shape index (κ2) is 5.48. The minimum Gasteiger partial charge on any atom is -0.345 e. The van der Waals surface area contributed by atoms with Crippen molar-refractivity contribution in [2.75, 3.05) is 20.1 Å². The number of benzene rings is 1. The van der Waals surface area contributed by atoms with Gasteiger partial charge >= 0.3 is 0 Å². The van der Waals surface area contributed by atoms with E-state index in [1.54, 1.807) is 24.1 Å². The van der Waals surface area contributed by atoms with E-state index >= 15 is 0 Å². The first-order chi connectivity index (χ1) is 8.88. The molecule has 1 amide bonds. The SMILES string of the molecule is CN1CC(CNS(=O)(=O)c2cccc(Cl)c2)CC1=O. The van der Waals surface area contributed by atoms with E-state index in [2.05, 4.69) is 4.72 Å². The van der Waals surface area contributed by atoms with Crippen LogP contribution in [0.15, 0.2) is 29.2 Å². The molecule has 19 heavy (non-hydrogen) atoms. The number of nitrogens with one attached hydrogen (secondary N) is 1. The summed E-state index contributed by atoms with van der Waals surface area (Å²) in [6.07, 6.45) is 0.383. The molecule has 1 unspecified atom stereocenters. The van der Waals surface area contributed by atoms with Crippen molar-refractivity contribution < 1.29 is 13.2 Å². The molecule has 7 heteroatoms. The normalized spacial score (nSPS) is 20.0. The summed E-state index contributed by atoms with van der Waals surface area (Å²) in [5.41, 5.74) is 0. The van der Waals surface area contributed by atoms with Crippen molar-refractivity contribution >= 4 is 27.5 Å². The monoisotopic (exact) mass is 302 g/mol. The van der Waals surface area contributed by atoms with Crippen LogP contribution < -0.4 is 4.72 Å². The van der Waals surface area contributed by atoms with E-state index in [1.165, 1.54) is 12.1 Å². The number of hydrogen-bond donors (Lipinski definition) is 1. The molecule has 0 aliphatic carbocycles. The molecule has 5 nitrogen and oxygen atoms in total. The van der Waals surface area contributed by atoms with Gasteiger partial charge in [0.1, 0.15) is 0 Å². The van der Waals surface area contributed by atoms with Gasteiger partial charge in [0.25, 0.3) is 0 Å². The van der Waals surface area contributed by atoms with Crippen molar-refractivity contribution in [3.05, 3.63) is 29.3 Å². The Morgan fingerprint density at radius 2 is 2.21 bits per heavy atom. The number of carbonyl (C=O) groups is 1. The highest BCUT2D eigenvalue weighted by molar-refractivity contribution is 7.89. The van der Waals surface area contributed by atoms with Crippen LogP contribution in [0, 0.1) is 5.92 Å². The summed E-state index contributed by atoms with van der Waals surface area (Å²) in [5.74, 6) is 0.0680. The van der Waals surface area contributed by atoms with Crippen LogP contribution in [-0.2, 0) is 14.8 Å². The summed E-state index contributed by atoms with van der Waals surface area (Å²) < 4.78 is 26.6. The first-order valence-corrected chi connectivity index (χ1v) is 7.74. The number of sulfonamides is 1. The molecule has 1 fully saturated rings. The van der Waals surface area contributed by atoms with Crippen LogP contribution in [0.25, 0.3) is 0 Å². The largest absolute Gasteiger partial charge is 0.345 e. The molecule has 104 valence electrons. The highest BCUT2D eigenvalue weighted by Crippen LogP contribution is 2.18. The van der Waals surface area contributed by atoms with E-state index in [0.29, 0.717) is 18.0 Å². The standard InChI is InChI=1S/C12H15ClN2O3S/c1-15-8-9(5-12(15)16)7-14-19(17,18)11-4-2-3-10(13)6-11/h2-4,6,9,14H,5,7-8H2,1H3. The molecule has 0 spiro atoms. The molecule has 1 atom stereocenters. The van der Waals surface area contributed by atoms with Gasteiger partial charge < -0.3 is 4.90 Å². The van der Waals surface area contributed by atoms with Crippen LogP contribution in [0.5, 0.6) is 0 Å². The van der Waals surface area contributed by atoms with Crippen molar-refractivity contribution in [3.63, 3.8) is 0 Å². The number of amides is 1. The van der Waals surface area contributed by atoms with E-state index in [-0.39, 0.29) is 23.3 Å². The fourth-order valence-electron chi connectivity index (χ4n) is 2.04. The molecule has 1 aromatic carbocycles. The van der Waals surface area contributed by atoms with E-state index < -0.39 is 10.0 Å². The van der Waals surface area contributed by atoms with E-state index in [0.717, 1.165) is 0 Å². The summed E-state index contributed by atoms with van der Waals surface area (Å²) in [6.45, 7) is 0.835. The van der Waals surface area contributed by atoms with Crippen molar-refractivity contribution in [1.29, 1.82) is 0 Å². The van der Waals surface area contributed by atoms with Gasteiger partial charge in [0.2, 0.25) is 15.9 Å². The lowest BCUT2D eigenvalue weighted by atomic mass is 10.1. The molecule has 0 aromatic heterocycles. The quantitative estimate of drug-likeness (QED) is 0.905. The predicted octanol–water partition coefficient (Wildman–Crippen LogP) is 1.10. The van der Waals surface area contributed by atoms with Gasteiger partial charge in [0.05, 0.1) is 4.90 Å². The number of nitrogens with zero attached hydrogens (tertiary/aromatic N) is 1. The summed E-state index contributed by atoms with van der Waals surface area (Å²) in [5, 5.41) is 0.374. The van der Waals surface area contributed by atoms with Crippen LogP contribution in [0.1, 0.15) is 6.42 Å². The molecule has 1 aliphatic rings. The minimum atomic E-state index is -3.57. The molecule has 1 aromatic rings. The third-order valence-corrected chi connectivity index (χ3v) is 4.75. The Hall–Kier alpha value is -1.11. The average Bonchev–Trinajstić information content (AvgIpc) is 2.67. The smallest absolute Gasteiger partial charge is 0.240 e. The van der Waals surface area contributed by atoms with Gasteiger partial charge in [-0.3, -0.25) is 4.79 Å². The maximum absolute atomic E-state index is 12.0. The zero-order chi connectivity index (χ0) is 14.0. The summed E-state index contributed by atoms with van der Waals surface area (Å²) >= 11 is 5.77. The van der Waals surface area contributed by atoms with Gasteiger partial charge in [-0.05, 0) is 24.1 Å². The van der Waals surface area contributed by atoms with Crippen LogP contribution >= 0.6 is 11.6 Å². The van der Waals surface area contributed by atoms with Gasteiger partial charge in [-0.2, -0.15) is 0 Å². The average molecular weight is 303 g/mol. The Labute approximate surface area is 117 Å². The van der Waals surface area contributed by atoms with Crippen LogP contribution in [0.2, 0.25) is 5.02 Å². The van der Waals surface area contributed by atoms with Gasteiger partial charge in [-0.25, -0.2) is 13.1 Å².